The van der Waals surface area contributed by atoms with Crippen molar-refractivity contribution >= 4 is 23.6 Å². The molecular weight excluding hydrogens is 508 g/mol. The third kappa shape index (κ3) is 8.22. The molecule has 2 amide bonds. The van der Waals surface area contributed by atoms with E-state index in [0.29, 0.717) is 5.57 Å². The van der Waals surface area contributed by atoms with E-state index in [1.807, 2.05) is 0 Å². The van der Waals surface area contributed by atoms with E-state index >= 15 is 0 Å². The van der Waals surface area contributed by atoms with Gasteiger partial charge in [-0.3, -0.25) is 14.4 Å². The number of hydrogen-bond donors (Lipinski definition) is 4. The maximum Gasteiger partial charge on any atom is 0.405 e. The van der Waals surface area contributed by atoms with Crippen molar-refractivity contribution in [1.29, 1.82) is 0 Å². The van der Waals surface area contributed by atoms with Gasteiger partial charge in [0, 0.05) is 37.4 Å². The van der Waals surface area contributed by atoms with Crippen LogP contribution in [0.3, 0.4) is 0 Å². The lowest BCUT2D eigenvalue weighted by Gasteiger charge is -2.29. The van der Waals surface area contributed by atoms with Crippen molar-refractivity contribution < 1.29 is 43.6 Å². The van der Waals surface area contributed by atoms with E-state index in [4.69, 9.17) is 19.9 Å². The molecule has 1 aliphatic heterocycles. The van der Waals surface area contributed by atoms with Gasteiger partial charge in [-0.25, -0.2) is 4.79 Å². The van der Waals surface area contributed by atoms with Crippen LogP contribution in [-0.2, 0) is 28.6 Å². The summed E-state index contributed by atoms with van der Waals surface area (Å²) in [6.07, 6.45) is 3.07. The van der Waals surface area contributed by atoms with Crippen LogP contribution in [0.4, 0.5) is 4.79 Å². The van der Waals surface area contributed by atoms with Crippen LogP contribution in [-0.4, -0.2) is 72.4 Å². The molecular formula is C28H38N2O9. The fraction of sp³-hybridized carbons (Fsp3) is 0.500. The minimum Gasteiger partial charge on any atom is -0.505 e. The molecule has 0 aromatic heterocycles. The van der Waals surface area contributed by atoms with Gasteiger partial charge in [0.1, 0.15) is 11.9 Å². The van der Waals surface area contributed by atoms with Gasteiger partial charge in [-0.15, -0.1) is 0 Å². The molecule has 0 fully saturated rings. The zero-order chi connectivity index (χ0) is 29.4. The van der Waals surface area contributed by atoms with E-state index in [2.05, 4.69) is 5.32 Å². The third-order valence-electron chi connectivity index (χ3n) is 6.77. The highest BCUT2D eigenvalue weighted by Crippen LogP contribution is 2.29. The van der Waals surface area contributed by atoms with Crippen molar-refractivity contribution in [3.63, 3.8) is 0 Å². The number of amides is 2. The second-order valence-electron chi connectivity index (χ2n) is 9.90. The Morgan fingerprint density at radius 1 is 1.13 bits per heavy atom. The van der Waals surface area contributed by atoms with Gasteiger partial charge in [-0.1, -0.05) is 38.2 Å². The number of hydrogen-bond acceptors (Lipinski definition) is 9. The summed E-state index contributed by atoms with van der Waals surface area (Å²) in [6.45, 7) is 6.79. The molecule has 39 heavy (non-hydrogen) atoms. The fourth-order valence-corrected chi connectivity index (χ4v) is 4.57. The van der Waals surface area contributed by atoms with Crippen LogP contribution in [0.5, 0.6) is 0 Å². The first-order chi connectivity index (χ1) is 18.3. The number of aliphatic hydroxyl groups excluding tert-OH is 2. The summed E-state index contributed by atoms with van der Waals surface area (Å²) in [6, 6.07) is 0. The summed E-state index contributed by atoms with van der Waals surface area (Å²) in [5, 5.41) is 24.3. The van der Waals surface area contributed by atoms with Crippen LogP contribution >= 0.6 is 0 Å². The lowest BCUT2D eigenvalue weighted by Crippen LogP contribution is -2.37. The van der Waals surface area contributed by atoms with Gasteiger partial charge in [0.15, 0.2) is 6.10 Å². The van der Waals surface area contributed by atoms with Gasteiger partial charge in [0.05, 0.1) is 17.9 Å². The Balaban J connectivity index is 2.59. The summed E-state index contributed by atoms with van der Waals surface area (Å²) >= 11 is 0. The molecule has 0 aromatic carbocycles. The maximum absolute atomic E-state index is 12.8. The molecule has 1 heterocycles. The van der Waals surface area contributed by atoms with Crippen LogP contribution in [0.2, 0.25) is 0 Å². The van der Waals surface area contributed by atoms with Gasteiger partial charge < -0.3 is 35.5 Å². The van der Waals surface area contributed by atoms with Gasteiger partial charge in [-0.2, -0.15) is 0 Å². The van der Waals surface area contributed by atoms with Crippen LogP contribution in [0.25, 0.3) is 0 Å². The predicted molar refractivity (Wildman–Crippen MR) is 142 cm³/mol. The van der Waals surface area contributed by atoms with Crippen molar-refractivity contribution in [2.45, 2.75) is 65.0 Å². The monoisotopic (exact) mass is 546 g/mol. The Bertz CT molecular complexity index is 1130. The molecule has 5 N–H and O–H groups in total. The summed E-state index contributed by atoms with van der Waals surface area (Å²) in [4.78, 5) is 49.4. The maximum atomic E-state index is 12.8. The second-order valence-corrected chi connectivity index (χ2v) is 9.90. The van der Waals surface area contributed by atoms with Crippen molar-refractivity contribution in [1.82, 2.24) is 5.32 Å². The van der Waals surface area contributed by atoms with E-state index in [1.54, 1.807) is 32.9 Å². The second kappa shape index (κ2) is 14.0. The smallest absolute Gasteiger partial charge is 0.405 e. The van der Waals surface area contributed by atoms with Crippen molar-refractivity contribution in [2.24, 2.45) is 17.6 Å². The Hall–Kier alpha value is -3.54. The Kier molecular flexibility index (Phi) is 11.4. The molecule has 6 atom stereocenters. The molecule has 2 rings (SSSR count). The van der Waals surface area contributed by atoms with Gasteiger partial charge in [0.2, 0.25) is 11.6 Å². The van der Waals surface area contributed by atoms with E-state index in [9.17, 15) is 29.4 Å². The minimum atomic E-state index is -1.01. The van der Waals surface area contributed by atoms with Gasteiger partial charge in [-0.05, 0) is 38.2 Å². The predicted octanol–water partition coefficient (Wildman–Crippen LogP) is 2.32. The lowest BCUT2D eigenvalue weighted by atomic mass is 9.85. The number of carbonyl (C=O) groups excluding carboxylic acids is 4. The number of fused-ring (bicyclic) bond motifs is 1. The number of ether oxygens (including phenoxy) is 3. The highest BCUT2D eigenvalue weighted by atomic mass is 16.6. The summed E-state index contributed by atoms with van der Waals surface area (Å²) < 4.78 is 16.4. The standard InChI is InChI=1S/C28H38N2O9/c1-14-10-18-24(33)19(13-20(31)25(18)34)30-27(35)15(2)8-7-9-21(37-5)26(39-28(29)36)17(4)12-16(3)23(32)22(11-14)38-6/h7-9,12-14,16,21-23,26,32-33H,10-11H2,1-6H3,(H2,29,36)(H,30,35)/b9-7+,15-8-,17-12-/t14-,16+,21+,22+,23+,26+/m1/s1. The molecule has 0 saturated heterocycles. The average Bonchev–Trinajstić information content (AvgIpc) is 2.88. The van der Waals surface area contributed by atoms with Crippen molar-refractivity contribution in [2.75, 3.05) is 14.2 Å². The quantitative estimate of drug-likeness (QED) is 0.235. The first-order valence-corrected chi connectivity index (χ1v) is 12.6. The highest BCUT2D eigenvalue weighted by Gasteiger charge is 2.33. The number of Topliss-reactive ketones (excluding diaryl/α,β-unsaturated/α-hetero) is 1. The van der Waals surface area contributed by atoms with Gasteiger partial charge in [0.25, 0.3) is 5.91 Å². The van der Waals surface area contributed by atoms with Gasteiger partial charge >= 0.3 is 6.09 Å². The fourth-order valence-electron chi connectivity index (χ4n) is 4.57. The highest BCUT2D eigenvalue weighted by molar-refractivity contribution is 6.48. The van der Waals surface area contributed by atoms with Crippen LogP contribution < -0.4 is 11.1 Å². The molecule has 0 unspecified atom stereocenters. The number of aliphatic hydroxyl groups is 2. The molecule has 2 bridgehead atoms. The topological polar surface area (TPSA) is 174 Å². The number of nitrogens with one attached hydrogen (secondary N) is 1. The average molecular weight is 547 g/mol. The van der Waals surface area contributed by atoms with E-state index in [1.165, 1.54) is 33.3 Å². The minimum absolute atomic E-state index is 0.0149. The van der Waals surface area contributed by atoms with Crippen LogP contribution in [0.1, 0.15) is 40.5 Å². The number of rotatable bonds is 3. The Morgan fingerprint density at radius 3 is 2.38 bits per heavy atom. The SMILES string of the molecule is CO[C@H]1/C=C/C=C(/C)C(=O)NC2=CC(=O)C(=O)C(=C2O)C[C@@H](C)C[C@H](OC)[C@@H](O)[C@@H](C)/C=C(/C)[C@@H]1OC(N)=O. The Labute approximate surface area is 228 Å². The Morgan fingerprint density at radius 2 is 1.79 bits per heavy atom. The molecule has 0 spiro atoms. The normalized spacial score (nSPS) is 33.3. The number of primary amides is 1. The molecule has 0 saturated carbocycles. The van der Waals surface area contributed by atoms with Crippen LogP contribution in [0.15, 0.2) is 58.6 Å². The number of nitrogens with two attached hydrogens (primary N) is 1. The molecule has 0 radical (unpaired) electrons. The van der Waals surface area contributed by atoms with E-state index in [-0.39, 0.29) is 35.6 Å². The van der Waals surface area contributed by atoms with Crippen molar-refractivity contribution in [3.8, 4) is 0 Å². The molecule has 1 aliphatic carbocycles. The summed E-state index contributed by atoms with van der Waals surface area (Å²) in [5.41, 5.74) is 5.79. The number of carbonyl (C=O) groups is 4. The number of ketones is 2. The number of methoxy groups -OCH3 is 2. The first-order valence-electron chi connectivity index (χ1n) is 12.6. The summed E-state index contributed by atoms with van der Waals surface area (Å²) in [7, 11) is 2.86. The van der Waals surface area contributed by atoms with Crippen molar-refractivity contribution in [3.05, 3.63) is 58.6 Å². The van der Waals surface area contributed by atoms with Crippen LogP contribution in [0, 0.1) is 11.8 Å². The van der Waals surface area contributed by atoms with E-state index < -0.39 is 59.7 Å². The lowest BCUT2D eigenvalue weighted by molar-refractivity contribution is -0.132. The molecule has 0 aromatic rings. The molecule has 2 aliphatic rings. The first kappa shape index (κ1) is 31.7. The summed E-state index contributed by atoms with van der Waals surface area (Å²) in [5.74, 6) is -3.58. The molecule has 214 valence electrons. The zero-order valence-electron chi connectivity index (χ0n) is 23.1. The zero-order valence-corrected chi connectivity index (χ0v) is 23.1. The third-order valence-corrected chi connectivity index (χ3v) is 6.77. The van der Waals surface area contributed by atoms with E-state index in [0.717, 1.165) is 6.08 Å². The number of allylic oxidation sites excluding steroid dienone is 4. The largest absolute Gasteiger partial charge is 0.505 e. The molecule has 11 nitrogen and oxygen atoms in total. The molecule has 11 heteroatoms.